The molecule has 0 aliphatic rings. The van der Waals surface area contributed by atoms with E-state index in [4.69, 9.17) is 0 Å². The van der Waals surface area contributed by atoms with Crippen LogP contribution < -0.4 is 10.6 Å². The fourth-order valence-electron chi connectivity index (χ4n) is 2.98. The highest BCUT2D eigenvalue weighted by Crippen LogP contribution is 2.53. The van der Waals surface area contributed by atoms with Gasteiger partial charge in [-0.2, -0.15) is 0 Å². The molecule has 24 heavy (non-hydrogen) atoms. The molecular formula is C22H21OP. The van der Waals surface area contributed by atoms with Crippen LogP contribution in [-0.4, -0.2) is 6.29 Å². The van der Waals surface area contributed by atoms with E-state index in [1.165, 1.54) is 16.2 Å². The van der Waals surface area contributed by atoms with Crippen LogP contribution in [0.15, 0.2) is 84.9 Å². The number of hydrogen-bond donors (Lipinski definition) is 0. The number of carbonyl (C=O) groups is 1. The zero-order valence-corrected chi connectivity index (χ0v) is 14.9. The van der Waals surface area contributed by atoms with Gasteiger partial charge in [0.1, 0.15) is 6.29 Å². The summed E-state index contributed by atoms with van der Waals surface area (Å²) in [7, 11) is -0.850. The molecule has 3 aromatic rings. The van der Waals surface area contributed by atoms with Crippen LogP contribution >= 0.6 is 7.92 Å². The molecule has 0 saturated carbocycles. The van der Waals surface area contributed by atoms with E-state index >= 15 is 0 Å². The first-order valence-electron chi connectivity index (χ1n) is 8.09. The number of carbonyl (C=O) groups excluding carboxylic acids is 1. The van der Waals surface area contributed by atoms with Crippen molar-refractivity contribution in [3.8, 4) is 0 Å². The van der Waals surface area contributed by atoms with Gasteiger partial charge in [-0.15, -0.1) is 0 Å². The first kappa shape index (κ1) is 16.6. The van der Waals surface area contributed by atoms with Gasteiger partial charge in [0.15, 0.2) is 0 Å². The number of benzene rings is 3. The number of hydrogen-bond acceptors (Lipinski definition) is 1. The predicted octanol–water partition coefficient (Wildman–Crippen LogP) is 4.54. The lowest BCUT2D eigenvalue weighted by molar-refractivity contribution is -0.109. The van der Waals surface area contributed by atoms with Crippen molar-refractivity contribution in [3.05, 3.63) is 96.1 Å². The molecule has 1 nitrogen and oxygen atoms in total. The van der Waals surface area contributed by atoms with Crippen LogP contribution in [0, 0.1) is 6.92 Å². The van der Waals surface area contributed by atoms with Crippen molar-refractivity contribution in [3.63, 3.8) is 0 Å². The molecule has 0 aromatic heterocycles. The van der Waals surface area contributed by atoms with E-state index in [9.17, 15) is 4.79 Å². The highest BCUT2D eigenvalue weighted by Gasteiger charge is 2.37. The molecule has 2 heteroatoms. The minimum Gasteiger partial charge on any atom is -0.302 e. The first-order valence-corrected chi connectivity index (χ1v) is 9.43. The zero-order valence-electron chi connectivity index (χ0n) is 14.0. The van der Waals surface area contributed by atoms with Crippen LogP contribution in [-0.2, 0) is 9.95 Å². The van der Waals surface area contributed by atoms with Crippen LogP contribution in [0.5, 0.6) is 0 Å². The second-order valence-electron chi connectivity index (χ2n) is 6.14. The molecule has 0 heterocycles. The Morgan fingerprint density at radius 3 is 1.62 bits per heavy atom. The molecule has 1 unspecified atom stereocenters. The summed E-state index contributed by atoms with van der Waals surface area (Å²) in [6.45, 7) is 4.13. The van der Waals surface area contributed by atoms with Crippen molar-refractivity contribution in [2.24, 2.45) is 0 Å². The lowest BCUT2D eigenvalue weighted by atomic mass is 10.0. The second kappa shape index (κ2) is 7.11. The Balaban J connectivity index is 2.19. The monoisotopic (exact) mass is 332 g/mol. The number of aldehydes is 1. The summed E-state index contributed by atoms with van der Waals surface area (Å²) < 4.78 is 0. The fraction of sp³-hybridized carbons (Fsp3) is 0.136. The van der Waals surface area contributed by atoms with E-state index in [0.717, 1.165) is 11.8 Å². The molecule has 0 spiro atoms. The van der Waals surface area contributed by atoms with Gasteiger partial charge in [0.05, 0.1) is 5.16 Å². The van der Waals surface area contributed by atoms with Gasteiger partial charge >= 0.3 is 0 Å². The molecule has 1 atom stereocenters. The summed E-state index contributed by atoms with van der Waals surface area (Å²) in [6, 6.07) is 29.1. The molecular weight excluding hydrogens is 311 g/mol. The molecule has 120 valence electrons. The van der Waals surface area contributed by atoms with Crippen molar-refractivity contribution >= 4 is 24.8 Å². The van der Waals surface area contributed by atoms with Crippen LogP contribution in [0.2, 0.25) is 0 Å². The van der Waals surface area contributed by atoms with E-state index in [0.29, 0.717) is 0 Å². The molecule has 0 saturated heterocycles. The molecule has 0 radical (unpaired) electrons. The molecule has 0 fully saturated rings. The van der Waals surface area contributed by atoms with Crippen molar-refractivity contribution < 1.29 is 4.79 Å². The molecule has 3 aromatic carbocycles. The van der Waals surface area contributed by atoms with Crippen molar-refractivity contribution in [2.75, 3.05) is 0 Å². The number of rotatable bonds is 5. The highest BCUT2D eigenvalue weighted by atomic mass is 31.1. The summed E-state index contributed by atoms with van der Waals surface area (Å²) in [5.74, 6) is 0. The topological polar surface area (TPSA) is 17.1 Å². The molecule has 0 bridgehead atoms. The minimum absolute atomic E-state index is 0.564. The average molecular weight is 332 g/mol. The van der Waals surface area contributed by atoms with Gasteiger partial charge in [-0.3, -0.25) is 0 Å². The predicted molar refractivity (Wildman–Crippen MR) is 104 cm³/mol. The maximum Gasteiger partial charge on any atom is 0.135 e. The zero-order chi connectivity index (χ0) is 17.0. The third-order valence-electron chi connectivity index (χ3n) is 4.36. The molecule has 0 aliphatic carbocycles. The highest BCUT2D eigenvalue weighted by molar-refractivity contribution is 7.74. The Hall–Kier alpha value is -2.24. The quantitative estimate of drug-likeness (QED) is 0.495. The third kappa shape index (κ3) is 3.18. The Morgan fingerprint density at radius 2 is 1.21 bits per heavy atom. The van der Waals surface area contributed by atoms with Crippen LogP contribution in [0.4, 0.5) is 0 Å². The number of aryl methyl sites for hydroxylation is 1. The van der Waals surface area contributed by atoms with Gasteiger partial charge < -0.3 is 4.79 Å². The largest absolute Gasteiger partial charge is 0.302 e. The van der Waals surface area contributed by atoms with Crippen molar-refractivity contribution in [1.29, 1.82) is 0 Å². The molecule has 0 N–H and O–H groups in total. The fourth-order valence-corrected chi connectivity index (χ4v) is 5.80. The van der Waals surface area contributed by atoms with Gasteiger partial charge in [0.25, 0.3) is 0 Å². The maximum absolute atomic E-state index is 12.3. The summed E-state index contributed by atoms with van der Waals surface area (Å²) in [6.07, 6.45) is 1.13. The van der Waals surface area contributed by atoms with E-state index in [2.05, 4.69) is 62.4 Å². The smallest absolute Gasteiger partial charge is 0.135 e. The lowest BCUT2D eigenvalue weighted by Gasteiger charge is -2.35. The first-order chi connectivity index (χ1) is 11.6. The van der Waals surface area contributed by atoms with Gasteiger partial charge in [-0.1, -0.05) is 90.5 Å². The Kier molecular flexibility index (Phi) is 4.92. The van der Waals surface area contributed by atoms with Gasteiger partial charge in [0.2, 0.25) is 0 Å². The van der Waals surface area contributed by atoms with Gasteiger partial charge in [-0.05, 0) is 37.9 Å². The van der Waals surface area contributed by atoms with E-state index in [1.54, 1.807) is 0 Å². The Bertz CT molecular complexity index is 757. The summed E-state index contributed by atoms with van der Waals surface area (Å²) in [4.78, 5) is 12.3. The van der Waals surface area contributed by atoms with E-state index in [1.807, 2.05) is 36.4 Å². The normalized spacial score (nSPS) is 13.5. The molecule has 0 amide bonds. The van der Waals surface area contributed by atoms with Crippen LogP contribution in [0.3, 0.4) is 0 Å². The van der Waals surface area contributed by atoms with Crippen LogP contribution in [0.25, 0.3) is 0 Å². The van der Waals surface area contributed by atoms with E-state index in [-0.39, 0.29) is 0 Å². The molecule has 0 aliphatic heterocycles. The average Bonchev–Trinajstić information content (AvgIpc) is 2.64. The third-order valence-corrected chi connectivity index (χ3v) is 7.28. The summed E-state index contributed by atoms with van der Waals surface area (Å²) in [5, 5.41) is 1.87. The lowest BCUT2D eigenvalue weighted by Crippen LogP contribution is -2.31. The summed E-state index contributed by atoms with van der Waals surface area (Å²) in [5.41, 5.74) is 2.28. The Labute approximate surface area is 145 Å². The SMILES string of the molecule is Cc1ccc(C(C)(C=O)P(c2ccccc2)c2ccccc2)cc1. The minimum atomic E-state index is -0.850. The second-order valence-corrected chi connectivity index (χ2v) is 8.77. The maximum atomic E-state index is 12.3. The van der Waals surface area contributed by atoms with E-state index < -0.39 is 13.1 Å². The van der Waals surface area contributed by atoms with Crippen molar-refractivity contribution in [2.45, 2.75) is 19.0 Å². The summed E-state index contributed by atoms with van der Waals surface area (Å²) >= 11 is 0. The standard InChI is InChI=1S/C22H21OP/c1-18-13-15-19(16-14-18)22(2,17-23)24(20-9-5-3-6-10-20)21-11-7-4-8-12-21/h3-17H,1-2H3. The molecule has 3 rings (SSSR count). The van der Waals surface area contributed by atoms with Gasteiger partial charge in [-0.25, -0.2) is 0 Å². The van der Waals surface area contributed by atoms with Gasteiger partial charge in [0, 0.05) is 0 Å². The van der Waals surface area contributed by atoms with Crippen LogP contribution in [0.1, 0.15) is 18.1 Å². The Morgan fingerprint density at radius 1 is 0.750 bits per heavy atom. The van der Waals surface area contributed by atoms with Crippen molar-refractivity contribution in [1.82, 2.24) is 0 Å².